The maximum absolute atomic E-state index is 12.9. The van der Waals surface area contributed by atoms with Gasteiger partial charge in [0.1, 0.15) is 5.70 Å². The zero-order chi connectivity index (χ0) is 24.0. The van der Waals surface area contributed by atoms with Gasteiger partial charge in [0, 0.05) is 10.4 Å². The standard InChI is InChI=1S/C26H28F3N3S/c1-3-4-5-6-7-19-12-13-33-25(19)20-14-22(18-10-8-17(2)9-11-18)32-23(15-20)21(30)16-24(31)26(27,28)29/h8-16,30H,3-7,31H2,1-2H3. The first kappa shape index (κ1) is 24.7. The molecule has 7 heteroatoms. The third-order valence-electron chi connectivity index (χ3n) is 5.38. The van der Waals surface area contributed by atoms with Gasteiger partial charge in [-0.1, -0.05) is 56.0 Å². The summed E-state index contributed by atoms with van der Waals surface area (Å²) in [4.78, 5) is 5.57. The maximum atomic E-state index is 12.9. The van der Waals surface area contributed by atoms with Crippen molar-refractivity contribution in [2.45, 2.75) is 52.1 Å². The van der Waals surface area contributed by atoms with Gasteiger partial charge in [0.15, 0.2) is 0 Å². The number of alkyl halides is 3. The molecule has 0 radical (unpaired) electrons. The largest absolute Gasteiger partial charge is 0.430 e. The highest BCUT2D eigenvalue weighted by molar-refractivity contribution is 7.13. The van der Waals surface area contributed by atoms with E-state index in [2.05, 4.69) is 18.0 Å². The van der Waals surface area contributed by atoms with Gasteiger partial charge < -0.3 is 5.73 Å². The van der Waals surface area contributed by atoms with Crippen molar-refractivity contribution in [3.8, 4) is 21.7 Å². The number of unbranched alkanes of at least 4 members (excludes halogenated alkanes) is 3. The number of nitrogens with zero attached hydrogens (tertiary/aromatic N) is 1. The van der Waals surface area contributed by atoms with E-state index in [-0.39, 0.29) is 11.4 Å². The Balaban J connectivity index is 2.05. The van der Waals surface area contributed by atoms with E-state index < -0.39 is 11.9 Å². The lowest BCUT2D eigenvalue weighted by Gasteiger charge is -2.11. The minimum absolute atomic E-state index is 0.153. The molecule has 0 saturated carbocycles. The van der Waals surface area contributed by atoms with Crippen LogP contribution in [-0.4, -0.2) is 16.9 Å². The highest BCUT2D eigenvalue weighted by Crippen LogP contribution is 2.34. The van der Waals surface area contributed by atoms with Crippen LogP contribution in [0.4, 0.5) is 13.2 Å². The molecule has 0 aliphatic carbocycles. The Bertz CT molecular complexity index is 1130. The van der Waals surface area contributed by atoms with E-state index in [0.29, 0.717) is 11.8 Å². The van der Waals surface area contributed by atoms with Crippen molar-refractivity contribution in [2.24, 2.45) is 5.73 Å². The third-order valence-corrected chi connectivity index (χ3v) is 6.39. The van der Waals surface area contributed by atoms with Gasteiger partial charge in [-0.2, -0.15) is 13.2 Å². The molecule has 0 aliphatic heterocycles. The number of allylic oxidation sites excluding steroid dienone is 2. The first-order valence-corrected chi connectivity index (χ1v) is 11.9. The summed E-state index contributed by atoms with van der Waals surface area (Å²) in [5.41, 5.74) is 8.22. The molecule has 3 N–H and O–H groups in total. The van der Waals surface area contributed by atoms with Gasteiger partial charge in [0.25, 0.3) is 0 Å². The van der Waals surface area contributed by atoms with Gasteiger partial charge in [-0.25, -0.2) is 4.98 Å². The molecule has 3 nitrogen and oxygen atoms in total. The Labute approximate surface area is 196 Å². The first-order chi connectivity index (χ1) is 15.7. The van der Waals surface area contributed by atoms with Crippen molar-refractivity contribution in [3.63, 3.8) is 0 Å². The van der Waals surface area contributed by atoms with Crippen LogP contribution in [0.2, 0.25) is 0 Å². The molecule has 0 unspecified atom stereocenters. The number of nitrogens with two attached hydrogens (primary N) is 1. The van der Waals surface area contributed by atoms with Gasteiger partial charge in [0.2, 0.25) is 0 Å². The molecule has 33 heavy (non-hydrogen) atoms. The molecule has 0 fully saturated rings. The molecule has 2 aromatic heterocycles. The second-order valence-corrected chi connectivity index (χ2v) is 9.01. The molecule has 174 valence electrons. The molecular weight excluding hydrogens is 443 g/mol. The first-order valence-electron chi connectivity index (χ1n) is 11.0. The van der Waals surface area contributed by atoms with E-state index in [1.807, 2.05) is 42.6 Å². The normalized spacial score (nSPS) is 12.2. The highest BCUT2D eigenvalue weighted by atomic mass is 32.1. The van der Waals surface area contributed by atoms with Crippen LogP contribution in [0, 0.1) is 12.3 Å². The third kappa shape index (κ3) is 6.54. The summed E-state index contributed by atoms with van der Waals surface area (Å²) in [6.07, 6.45) is 1.49. The molecule has 0 spiro atoms. The van der Waals surface area contributed by atoms with E-state index in [1.165, 1.54) is 18.4 Å². The van der Waals surface area contributed by atoms with Crippen molar-refractivity contribution >= 4 is 17.0 Å². The lowest BCUT2D eigenvalue weighted by Crippen LogP contribution is -2.21. The Morgan fingerprint density at radius 1 is 1.06 bits per heavy atom. The van der Waals surface area contributed by atoms with Gasteiger partial charge >= 0.3 is 6.18 Å². The van der Waals surface area contributed by atoms with Crippen LogP contribution in [-0.2, 0) is 6.42 Å². The van der Waals surface area contributed by atoms with Crippen LogP contribution in [0.1, 0.15) is 49.4 Å². The van der Waals surface area contributed by atoms with Crippen LogP contribution in [0.3, 0.4) is 0 Å². The highest BCUT2D eigenvalue weighted by Gasteiger charge is 2.31. The summed E-state index contributed by atoms with van der Waals surface area (Å²) < 4.78 is 38.8. The Morgan fingerprint density at radius 2 is 1.79 bits per heavy atom. The molecule has 0 saturated heterocycles. The van der Waals surface area contributed by atoms with Gasteiger partial charge in [-0.05, 0) is 60.5 Å². The summed E-state index contributed by atoms with van der Waals surface area (Å²) >= 11 is 1.59. The number of hydrogen-bond donors (Lipinski definition) is 2. The van der Waals surface area contributed by atoms with Crippen molar-refractivity contribution in [1.82, 2.24) is 4.98 Å². The number of aryl methyl sites for hydroxylation is 2. The fraction of sp³-hybridized carbons (Fsp3) is 0.308. The van der Waals surface area contributed by atoms with Crippen molar-refractivity contribution in [1.29, 1.82) is 5.41 Å². The SMILES string of the molecule is CCCCCCc1ccsc1-c1cc(C(=N)C=C(N)C(F)(F)F)nc(-c2ccc(C)cc2)c1. The molecule has 2 heterocycles. The van der Waals surface area contributed by atoms with E-state index in [9.17, 15) is 13.2 Å². The Hall–Kier alpha value is -2.93. The second-order valence-electron chi connectivity index (χ2n) is 8.09. The van der Waals surface area contributed by atoms with E-state index >= 15 is 0 Å². The smallest absolute Gasteiger partial charge is 0.395 e. The number of nitrogens with one attached hydrogen (secondary N) is 1. The fourth-order valence-electron chi connectivity index (χ4n) is 3.51. The summed E-state index contributed by atoms with van der Waals surface area (Å²) in [6, 6.07) is 13.5. The second kappa shape index (κ2) is 10.8. The van der Waals surface area contributed by atoms with Crippen molar-refractivity contribution in [3.05, 3.63) is 76.4 Å². The quantitative estimate of drug-likeness (QED) is 0.248. The molecule has 0 amide bonds. The van der Waals surface area contributed by atoms with E-state index in [1.54, 1.807) is 17.4 Å². The predicted molar refractivity (Wildman–Crippen MR) is 131 cm³/mol. The number of rotatable bonds is 9. The number of thiophene rings is 1. The lowest BCUT2D eigenvalue weighted by atomic mass is 10.0. The van der Waals surface area contributed by atoms with Crippen molar-refractivity contribution < 1.29 is 13.2 Å². The maximum Gasteiger partial charge on any atom is 0.430 e. The number of benzene rings is 1. The predicted octanol–water partition coefficient (Wildman–Crippen LogP) is 7.68. The molecule has 0 atom stereocenters. The van der Waals surface area contributed by atoms with Crippen LogP contribution in [0.15, 0.2) is 59.6 Å². The summed E-state index contributed by atoms with van der Waals surface area (Å²) in [5, 5.41) is 10.3. The van der Waals surface area contributed by atoms with Crippen LogP contribution in [0.25, 0.3) is 21.7 Å². The van der Waals surface area contributed by atoms with E-state index in [0.717, 1.165) is 40.8 Å². The molecule has 1 aromatic carbocycles. The monoisotopic (exact) mass is 471 g/mol. The topological polar surface area (TPSA) is 62.8 Å². The fourth-order valence-corrected chi connectivity index (χ4v) is 4.46. The van der Waals surface area contributed by atoms with E-state index in [4.69, 9.17) is 11.1 Å². The molecule has 3 rings (SSSR count). The summed E-state index contributed by atoms with van der Waals surface area (Å²) in [7, 11) is 0. The average Bonchev–Trinajstić information content (AvgIpc) is 3.25. The van der Waals surface area contributed by atoms with Crippen LogP contribution >= 0.6 is 11.3 Å². The van der Waals surface area contributed by atoms with Gasteiger partial charge in [0.05, 0.1) is 17.1 Å². The lowest BCUT2D eigenvalue weighted by molar-refractivity contribution is -0.0925. The summed E-state index contributed by atoms with van der Waals surface area (Å²) in [5.74, 6) is 0. The molecular formula is C26H28F3N3S. The van der Waals surface area contributed by atoms with Gasteiger partial charge in [-0.3, -0.25) is 5.41 Å². The zero-order valence-corrected chi connectivity index (χ0v) is 19.6. The Kier molecular flexibility index (Phi) is 8.08. The summed E-state index contributed by atoms with van der Waals surface area (Å²) in [6.45, 7) is 4.16. The minimum Gasteiger partial charge on any atom is -0.395 e. The zero-order valence-electron chi connectivity index (χ0n) is 18.8. The molecule has 3 aromatic rings. The number of hydrogen-bond acceptors (Lipinski definition) is 4. The Morgan fingerprint density at radius 3 is 2.45 bits per heavy atom. The van der Waals surface area contributed by atoms with Gasteiger partial charge in [-0.15, -0.1) is 11.3 Å². The van der Waals surface area contributed by atoms with Crippen molar-refractivity contribution in [2.75, 3.05) is 0 Å². The van der Waals surface area contributed by atoms with Crippen LogP contribution < -0.4 is 5.73 Å². The number of pyridine rings is 1. The number of halogens is 3. The minimum atomic E-state index is -4.69. The molecule has 0 bridgehead atoms. The van der Waals surface area contributed by atoms with Crippen LogP contribution in [0.5, 0.6) is 0 Å². The number of aromatic nitrogens is 1. The molecule has 0 aliphatic rings. The average molecular weight is 472 g/mol.